The van der Waals surface area contributed by atoms with E-state index in [1.165, 1.54) is 0 Å². The fraction of sp³-hybridized carbons (Fsp3) is 0.312. The van der Waals surface area contributed by atoms with Crippen LogP contribution in [0, 0.1) is 6.92 Å². The molecule has 0 saturated heterocycles. The zero-order valence-electron chi connectivity index (χ0n) is 13.4. The van der Waals surface area contributed by atoms with Gasteiger partial charge >= 0.3 is 0 Å². The van der Waals surface area contributed by atoms with Crippen molar-refractivity contribution in [3.05, 3.63) is 41.9 Å². The molecule has 23 heavy (non-hydrogen) atoms. The number of aryl methyl sites for hydroxylation is 1. The van der Waals surface area contributed by atoms with Crippen molar-refractivity contribution in [1.29, 1.82) is 0 Å². The van der Waals surface area contributed by atoms with Crippen molar-refractivity contribution in [3.63, 3.8) is 0 Å². The van der Waals surface area contributed by atoms with E-state index in [2.05, 4.69) is 20.6 Å². The van der Waals surface area contributed by atoms with Gasteiger partial charge in [0.05, 0.1) is 13.7 Å². The lowest BCUT2D eigenvalue weighted by Crippen LogP contribution is -2.16. The van der Waals surface area contributed by atoms with E-state index in [1.54, 1.807) is 51.5 Å². The third-order valence-electron chi connectivity index (χ3n) is 3.03. The van der Waals surface area contributed by atoms with Gasteiger partial charge in [-0.1, -0.05) is 0 Å². The number of ether oxygens (including phenoxy) is 2. The molecule has 122 valence electrons. The Morgan fingerprint density at radius 2 is 1.91 bits per heavy atom. The molecule has 0 unspecified atom stereocenters. The molecule has 0 aliphatic carbocycles. The lowest BCUT2D eigenvalue weighted by Gasteiger charge is -2.09. The molecule has 7 heteroatoms. The normalized spacial score (nSPS) is 10.2. The average molecular weight is 316 g/mol. The second kappa shape index (κ2) is 8.09. The molecule has 0 bridgehead atoms. The second-order valence-electron chi connectivity index (χ2n) is 4.79. The minimum atomic E-state index is -0.296. The lowest BCUT2D eigenvalue weighted by molar-refractivity contribution is 0.102. The van der Waals surface area contributed by atoms with Gasteiger partial charge in [-0.05, 0) is 31.2 Å². The van der Waals surface area contributed by atoms with Gasteiger partial charge in [0.15, 0.2) is 0 Å². The maximum absolute atomic E-state index is 12.3. The van der Waals surface area contributed by atoms with Crippen molar-refractivity contribution in [2.45, 2.75) is 6.92 Å². The van der Waals surface area contributed by atoms with Crippen LogP contribution in [0.15, 0.2) is 30.3 Å². The summed E-state index contributed by atoms with van der Waals surface area (Å²) >= 11 is 0. The van der Waals surface area contributed by atoms with Crippen LogP contribution in [0.1, 0.15) is 16.3 Å². The Kier molecular flexibility index (Phi) is 5.87. The second-order valence-corrected chi connectivity index (χ2v) is 4.79. The highest BCUT2D eigenvalue weighted by atomic mass is 16.5. The van der Waals surface area contributed by atoms with Crippen molar-refractivity contribution in [2.24, 2.45) is 0 Å². The molecule has 1 amide bonds. The summed E-state index contributed by atoms with van der Waals surface area (Å²) in [6.07, 6.45) is 0. The molecule has 7 nitrogen and oxygen atoms in total. The van der Waals surface area contributed by atoms with Gasteiger partial charge in [-0.2, -0.15) is 0 Å². The third kappa shape index (κ3) is 4.93. The van der Waals surface area contributed by atoms with Gasteiger partial charge in [-0.25, -0.2) is 9.97 Å². The third-order valence-corrected chi connectivity index (χ3v) is 3.03. The Hall–Kier alpha value is -2.67. The zero-order valence-corrected chi connectivity index (χ0v) is 13.4. The van der Waals surface area contributed by atoms with Crippen LogP contribution in [-0.4, -0.2) is 43.2 Å². The van der Waals surface area contributed by atoms with E-state index in [-0.39, 0.29) is 5.91 Å². The Bertz CT molecular complexity index is 659. The highest BCUT2D eigenvalue weighted by molar-refractivity contribution is 6.03. The first-order chi connectivity index (χ1) is 11.1. The first-order valence-corrected chi connectivity index (χ1v) is 7.16. The van der Waals surface area contributed by atoms with Crippen LogP contribution in [0.5, 0.6) is 5.75 Å². The van der Waals surface area contributed by atoms with Crippen molar-refractivity contribution >= 4 is 17.4 Å². The highest BCUT2D eigenvalue weighted by Gasteiger charge is 2.11. The number of rotatable bonds is 7. The number of aromatic nitrogens is 2. The molecule has 0 aliphatic rings. The fourth-order valence-corrected chi connectivity index (χ4v) is 1.93. The number of carbonyl (C=O) groups is 1. The van der Waals surface area contributed by atoms with Crippen LogP contribution in [0.25, 0.3) is 0 Å². The molecule has 2 aromatic rings. The molecule has 1 heterocycles. The quantitative estimate of drug-likeness (QED) is 0.761. The predicted octanol–water partition coefficient (Wildman–Crippen LogP) is 2.10. The first kappa shape index (κ1) is 16.7. The number of nitrogens with one attached hydrogen (secondary N) is 2. The molecular weight excluding hydrogens is 296 g/mol. The zero-order chi connectivity index (χ0) is 16.7. The molecule has 0 fully saturated rings. The number of methoxy groups -OCH3 is 2. The minimum absolute atomic E-state index is 0.296. The maximum atomic E-state index is 12.3. The van der Waals surface area contributed by atoms with Gasteiger partial charge in [0.1, 0.15) is 23.1 Å². The van der Waals surface area contributed by atoms with Crippen LogP contribution < -0.4 is 15.4 Å². The van der Waals surface area contributed by atoms with Gasteiger partial charge in [0, 0.05) is 25.4 Å². The van der Waals surface area contributed by atoms with Crippen molar-refractivity contribution in [2.75, 3.05) is 38.0 Å². The Morgan fingerprint density at radius 1 is 1.17 bits per heavy atom. The summed E-state index contributed by atoms with van der Waals surface area (Å²) < 4.78 is 10.1. The largest absolute Gasteiger partial charge is 0.497 e. The molecule has 1 aromatic heterocycles. The number of carbonyl (C=O) groups excluding carboxylic acids is 1. The summed E-state index contributed by atoms with van der Waals surface area (Å²) in [6, 6.07) is 8.70. The van der Waals surface area contributed by atoms with Crippen molar-refractivity contribution in [3.8, 4) is 5.75 Å². The lowest BCUT2D eigenvalue weighted by atomic mass is 10.3. The van der Waals surface area contributed by atoms with Gasteiger partial charge in [0.2, 0.25) is 0 Å². The van der Waals surface area contributed by atoms with Gasteiger partial charge in [-0.3, -0.25) is 4.79 Å². The predicted molar refractivity (Wildman–Crippen MR) is 88.1 cm³/mol. The van der Waals surface area contributed by atoms with Gasteiger partial charge in [-0.15, -0.1) is 0 Å². The van der Waals surface area contributed by atoms with E-state index in [1.807, 2.05) is 0 Å². The molecule has 0 saturated carbocycles. The van der Waals surface area contributed by atoms with Crippen LogP contribution >= 0.6 is 0 Å². The number of benzene rings is 1. The van der Waals surface area contributed by atoms with E-state index >= 15 is 0 Å². The van der Waals surface area contributed by atoms with Crippen LogP contribution in [0.3, 0.4) is 0 Å². The monoisotopic (exact) mass is 316 g/mol. The summed E-state index contributed by atoms with van der Waals surface area (Å²) in [7, 11) is 3.22. The SMILES string of the molecule is COCCNc1cc(C(=O)Nc2ccc(OC)cc2)nc(C)n1. The topological polar surface area (TPSA) is 85.4 Å². The molecule has 2 N–H and O–H groups in total. The van der Waals surface area contributed by atoms with Crippen molar-refractivity contribution < 1.29 is 14.3 Å². The van der Waals surface area contributed by atoms with E-state index in [0.717, 1.165) is 5.75 Å². The summed E-state index contributed by atoms with van der Waals surface area (Å²) in [4.78, 5) is 20.7. The number of nitrogens with zero attached hydrogens (tertiary/aromatic N) is 2. The number of amides is 1. The van der Waals surface area contributed by atoms with E-state index in [0.29, 0.717) is 36.2 Å². The van der Waals surface area contributed by atoms with Crippen LogP contribution in [-0.2, 0) is 4.74 Å². The Balaban J connectivity index is 2.08. The van der Waals surface area contributed by atoms with E-state index in [4.69, 9.17) is 9.47 Å². The number of hydrogen-bond acceptors (Lipinski definition) is 6. The number of anilines is 2. The molecule has 0 radical (unpaired) electrons. The smallest absolute Gasteiger partial charge is 0.274 e. The van der Waals surface area contributed by atoms with Gasteiger partial charge < -0.3 is 20.1 Å². The summed E-state index contributed by atoms with van der Waals surface area (Å²) in [5, 5.41) is 5.88. The Morgan fingerprint density at radius 3 is 2.57 bits per heavy atom. The maximum Gasteiger partial charge on any atom is 0.274 e. The molecule has 1 aromatic carbocycles. The summed E-state index contributed by atoms with van der Waals surface area (Å²) in [5.41, 5.74) is 0.967. The van der Waals surface area contributed by atoms with Crippen LogP contribution in [0.4, 0.5) is 11.5 Å². The van der Waals surface area contributed by atoms with Gasteiger partial charge in [0.25, 0.3) is 5.91 Å². The number of hydrogen-bond donors (Lipinski definition) is 2. The fourth-order valence-electron chi connectivity index (χ4n) is 1.93. The Labute approximate surface area is 135 Å². The average Bonchev–Trinajstić information content (AvgIpc) is 2.55. The highest BCUT2D eigenvalue weighted by Crippen LogP contribution is 2.16. The molecule has 0 aliphatic heterocycles. The molecule has 2 rings (SSSR count). The standard InChI is InChI=1S/C16H20N4O3/c1-11-18-14(10-15(19-11)17-8-9-22-2)16(21)20-12-4-6-13(23-3)7-5-12/h4-7,10H,8-9H2,1-3H3,(H,20,21)(H,17,18,19). The minimum Gasteiger partial charge on any atom is -0.497 e. The van der Waals surface area contributed by atoms with Crippen molar-refractivity contribution in [1.82, 2.24) is 9.97 Å². The van der Waals surface area contributed by atoms with E-state index < -0.39 is 0 Å². The summed E-state index contributed by atoms with van der Waals surface area (Å²) in [6.45, 7) is 2.90. The van der Waals surface area contributed by atoms with E-state index in [9.17, 15) is 4.79 Å². The molecular formula is C16H20N4O3. The first-order valence-electron chi connectivity index (χ1n) is 7.16. The summed E-state index contributed by atoms with van der Waals surface area (Å²) in [5.74, 6) is 1.54. The van der Waals surface area contributed by atoms with Crippen LogP contribution in [0.2, 0.25) is 0 Å². The molecule has 0 spiro atoms. The molecule has 0 atom stereocenters.